The molecule has 2 aromatic heterocycles. The standard InChI is InChI=1S/C24H14BrN3/c25-21-13-6-10-15-17(21)11-5-12-20(15)24-27-26-23-19-9-2-1-7-16(19)18-8-3-4-14-22(18)28(23)24/h1-14H. The molecular weight excluding hydrogens is 410 g/mol. The highest BCUT2D eigenvalue weighted by atomic mass is 79.9. The van der Waals surface area contributed by atoms with Gasteiger partial charge in [-0.3, -0.25) is 4.40 Å². The van der Waals surface area contributed by atoms with Crippen LogP contribution in [0.5, 0.6) is 0 Å². The highest BCUT2D eigenvalue weighted by Gasteiger charge is 2.17. The molecule has 132 valence electrons. The average Bonchev–Trinajstić information content (AvgIpc) is 3.19. The fourth-order valence-corrected chi connectivity index (χ4v) is 4.64. The van der Waals surface area contributed by atoms with E-state index in [-0.39, 0.29) is 0 Å². The smallest absolute Gasteiger partial charge is 0.169 e. The summed E-state index contributed by atoms with van der Waals surface area (Å²) in [5, 5.41) is 15.1. The fourth-order valence-electron chi connectivity index (χ4n) is 4.14. The minimum absolute atomic E-state index is 0.862. The molecule has 0 unspecified atom stereocenters. The van der Waals surface area contributed by atoms with Crippen molar-refractivity contribution in [3.05, 3.63) is 89.4 Å². The summed E-state index contributed by atoms with van der Waals surface area (Å²) in [6, 6.07) is 29.5. The maximum absolute atomic E-state index is 4.64. The third-order valence-electron chi connectivity index (χ3n) is 5.38. The molecule has 0 amide bonds. The summed E-state index contributed by atoms with van der Waals surface area (Å²) in [5.74, 6) is 0.862. The topological polar surface area (TPSA) is 30.2 Å². The molecule has 0 spiro atoms. The van der Waals surface area contributed by atoms with Gasteiger partial charge in [0, 0.05) is 20.8 Å². The van der Waals surface area contributed by atoms with Crippen LogP contribution in [0.3, 0.4) is 0 Å². The SMILES string of the molecule is Brc1cccc2c(-c3nnc4c5ccccc5c5ccccc5n34)cccc12. The van der Waals surface area contributed by atoms with E-state index in [0.717, 1.165) is 37.8 Å². The fraction of sp³-hybridized carbons (Fsp3) is 0. The second-order valence-corrected chi connectivity index (χ2v) is 7.74. The van der Waals surface area contributed by atoms with Crippen molar-refractivity contribution in [3.63, 3.8) is 0 Å². The zero-order valence-corrected chi connectivity index (χ0v) is 16.4. The Balaban J connectivity index is 1.84. The molecule has 3 nitrogen and oxygen atoms in total. The van der Waals surface area contributed by atoms with E-state index in [0.29, 0.717) is 0 Å². The molecular formula is C24H14BrN3. The van der Waals surface area contributed by atoms with Crippen molar-refractivity contribution in [1.29, 1.82) is 0 Å². The highest BCUT2D eigenvalue weighted by molar-refractivity contribution is 9.10. The van der Waals surface area contributed by atoms with Crippen molar-refractivity contribution in [2.75, 3.05) is 0 Å². The Labute approximate surface area is 169 Å². The lowest BCUT2D eigenvalue weighted by molar-refractivity contribution is 1.12. The number of rotatable bonds is 1. The lowest BCUT2D eigenvalue weighted by Gasteiger charge is -2.11. The Morgan fingerprint density at radius 1 is 0.571 bits per heavy atom. The van der Waals surface area contributed by atoms with Crippen LogP contribution in [0.25, 0.3) is 49.5 Å². The predicted octanol–water partition coefficient (Wildman–Crippen LogP) is 6.62. The molecule has 6 aromatic rings. The van der Waals surface area contributed by atoms with Crippen LogP contribution in [-0.2, 0) is 0 Å². The number of halogens is 1. The van der Waals surface area contributed by atoms with E-state index in [9.17, 15) is 0 Å². The monoisotopic (exact) mass is 423 g/mol. The summed E-state index contributed by atoms with van der Waals surface area (Å²) in [6.45, 7) is 0. The molecule has 0 aliphatic rings. The van der Waals surface area contributed by atoms with E-state index in [4.69, 9.17) is 0 Å². The molecule has 0 saturated heterocycles. The van der Waals surface area contributed by atoms with Gasteiger partial charge in [-0.1, -0.05) is 88.7 Å². The number of hydrogen-bond acceptors (Lipinski definition) is 2. The zero-order valence-electron chi connectivity index (χ0n) is 14.8. The molecule has 0 N–H and O–H groups in total. The molecule has 0 radical (unpaired) electrons. The maximum atomic E-state index is 4.64. The van der Waals surface area contributed by atoms with E-state index < -0.39 is 0 Å². The minimum atomic E-state index is 0.862. The third-order valence-corrected chi connectivity index (χ3v) is 6.07. The Morgan fingerprint density at radius 2 is 1.25 bits per heavy atom. The van der Waals surface area contributed by atoms with Crippen molar-refractivity contribution >= 4 is 54.0 Å². The molecule has 0 fully saturated rings. The van der Waals surface area contributed by atoms with Crippen LogP contribution >= 0.6 is 15.9 Å². The molecule has 0 aliphatic carbocycles. The number of hydrogen-bond donors (Lipinski definition) is 0. The van der Waals surface area contributed by atoms with E-state index >= 15 is 0 Å². The number of nitrogens with zero attached hydrogens (tertiary/aromatic N) is 3. The van der Waals surface area contributed by atoms with Gasteiger partial charge in [0.2, 0.25) is 0 Å². The molecule has 6 rings (SSSR count). The van der Waals surface area contributed by atoms with Crippen LogP contribution in [0.1, 0.15) is 0 Å². The largest absolute Gasteiger partial charge is 0.274 e. The van der Waals surface area contributed by atoms with Crippen LogP contribution in [0, 0.1) is 0 Å². The van der Waals surface area contributed by atoms with Gasteiger partial charge in [0.25, 0.3) is 0 Å². The number of pyridine rings is 1. The van der Waals surface area contributed by atoms with E-state index in [1.807, 2.05) is 0 Å². The molecule has 0 saturated carbocycles. The van der Waals surface area contributed by atoms with Crippen molar-refractivity contribution < 1.29 is 0 Å². The van der Waals surface area contributed by atoms with Crippen LogP contribution in [-0.4, -0.2) is 14.6 Å². The maximum Gasteiger partial charge on any atom is 0.169 e. The Bertz CT molecular complexity index is 1530. The lowest BCUT2D eigenvalue weighted by atomic mass is 10.0. The van der Waals surface area contributed by atoms with Gasteiger partial charge in [-0.25, -0.2) is 0 Å². The van der Waals surface area contributed by atoms with Gasteiger partial charge in [0.05, 0.1) is 5.52 Å². The summed E-state index contributed by atoms with van der Waals surface area (Å²) < 4.78 is 3.27. The van der Waals surface area contributed by atoms with Gasteiger partial charge < -0.3 is 0 Å². The van der Waals surface area contributed by atoms with E-state index in [1.165, 1.54) is 16.2 Å². The predicted molar refractivity (Wildman–Crippen MR) is 119 cm³/mol. The van der Waals surface area contributed by atoms with Crippen LogP contribution in [0.2, 0.25) is 0 Å². The molecule has 28 heavy (non-hydrogen) atoms. The van der Waals surface area contributed by atoms with Crippen molar-refractivity contribution in [2.45, 2.75) is 0 Å². The zero-order chi connectivity index (χ0) is 18.7. The Hall–Kier alpha value is -3.24. The number of benzene rings is 4. The second-order valence-electron chi connectivity index (χ2n) is 6.89. The third kappa shape index (κ3) is 2.09. The van der Waals surface area contributed by atoms with Gasteiger partial charge >= 0.3 is 0 Å². The van der Waals surface area contributed by atoms with Crippen LogP contribution < -0.4 is 0 Å². The highest BCUT2D eigenvalue weighted by Crippen LogP contribution is 2.35. The first-order valence-corrected chi connectivity index (χ1v) is 9.94. The normalized spacial score (nSPS) is 11.8. The van der Waals surface area contributed by atoms with Gasteiger partial charge in [-0.15, -0.1) is 10.2 Å². The van der Waals surface area contributed by atoms with E-state index in [1.54, 1.807) is 0 Å². The average molecular weight is 424 g/mol. The van der Waals surface area contributed by atoms with Gasteiger partial charge in [0.1, 0.15) is 0 Å². The Kier molecular flexibility index (Phi) is 3.31. The quantitative estimate of drug-likeness (QED) is 0.278. The summed E-state index contributed by atoms with van der Waals surface area (Å²) >= 11 is 3.67. The van der Waals surface area contributed by atoms with Crippen molar-refractivity contribution in [2.24, 2.45) is 0 Å². The Morgan fingerprint density at radius 3 is 2.14 bits per heavy atom. The second kappa shape index (κ2) is 5.88. The molecule has 0 bridgehead atoms. The van der Waals surface area contributed by atoms with E-state index in [2.05, 4.69) is 115 Å². The number of fused-ring (bicyclic) bond motifs is 7. The van der Waals surface area contributed by atoms with Crippen LogP contribution in [0.4, 0.5) is 0 Å². The van der Waals surface area contributed by atoms with Gasteiger partial charge in [-0.05, 0) is 28.3 Å². The first-order valence-electron chi connectivity index (χ1n) is 9.15. The van der Waals surface area contributed by atoms with Gasteiger partial charge in [-0.2, -0.15) is 0 Å². The molecule has 2 heterocycles. The number of aromatic nitrogens is 3. The van der Waals surface area contributed by atoms with Crippen LogP contribution in [0.15, 0.2) is 89.4 Å². The summed E-state index contributed by atoms with van der Waals surface area (Å²) in [6.07, 6.45) is 0. The summed E-state index contributed by atoms with van der Waals surface area (Å²) in [4.78, 5) is 0. The minimum Gasteiger partial charge on any atom is -0.274 e. The molecule has 0 atom stereocenters. The molecule has 4 heteroatoms. The van der Waals surface area contributed by atoms with Crippen molar-refractivity contribution in [1.82, 2.24) is 14.6 Å². The molecule has 4 aromatic carbocycles. The number of para-hydroxylation sites is 1. The van der Waals surface area contributed by atoms with Crippen molar-refractivity contribution in [3.8, 4) is 11.4 Å². The first-order chi connectivity index (χ1) is 13.8. The first kappa shape index (κ1) is 15.8. The summed E-state index contributed by atoms with van der Waals surface area (Å²) in [5.41, 5.74) is 3.08. The summed E-state index contributed by atoms with van der Waals surface area (Å²) in [7, 11) is 0. The van der Waals surface area contributed by atoms with Gasteiger partial charge in [0.15, 0.2) is 11.5 Å². The molecule has 0 aliphatic heterocycles. The lowest BCUT2D eigenvalue weighted by Crippen LogP contribution is -1.94.